The number of hydrogen-bond donors (Lipinski definition) is 0. The summed E-state index contributed by atoms with van der Waals surface area (Å²) in [5.74, 6) is 0.0521. The summed E-state index contributed by atoms with van der Waals surface area (Å²) < 4.78 is 4.74. The van der Waals surface area contributed by atoms with E-state index in [0.29, 0.717) is 13.1 Å². The second-order valence-corrected chi connectivity index (χ2v) is 5.69. The monoisotopic (exact) mass is 270 g/mol. The van der Waals surface area contributed by atoms with Crippen LogP contribution >= 0.6 is 0 Å². The van der Waals surface area contributed by atoms with Crippen molar-refractivity contribution in [2.75, 3.05) is 20.2 Å². The number of methoxy groups -OCH3 is 1. The number of amides is 2. The molecule has 1 aliphatic rings. The van der Waals surface area contributed by atoms with Crippen LogP contribution in [0.3, 0.4) is 0 Å². The summed E-state index contributed by atoms with van der Waals surface area (Å²) >= 11 is 0. The topological polar surface area (TPSA) is 49.9 Å². The van der Waals surface area contributed by atoms with Crippen LogP contribution in [0.4, 0.5) is 4.79 Å². The van der Waals surface area contributed by atoms with Gasteiger partial charge in [0.1, 0.15) is 0 Å². The van der Waals surface area contributed by atoms with Crippen LogP contribution in [0.5, 0.6) is 0 Å². The van der Waals surface area contributed by atoms with E-state index in [9.17, 15) is 9.59 Å². The number of piperidine rings is 1. The fourth-order valence-corrected chi connectivity index (χ4v) is 2.79. The van der Waals surface area contributed by atoms with E-state index in [-0.39, 0.29) is 30.0 Å². The van der Waals surface area contributed by atoms with Gasteiger partial charge in [-0.2, -0.15) is 0 Å². The summed E-state index contributed by atoms with van der Waals surface area (Å²) in [6.45, 7) is 9.26. The Balaban J connectivity index is 2.73. The molecule has 1 saturated heterocycles. The van der Waals surface area contributed by atoms with Gasteiger partial charge in [-0.25, -0.2) is 4.79 Å². The Bertz CT molecular complexity index is 321. The van der Waals surface area contributed by atoms with Gasteiger partial charge in [0.25, 0.3) is 0 Å². The van der Waals surface area contributed by atoms with Gasteiger partial charge in [-0.05, 0) is 40.5 Å². The van der Waals surface area contributed by atoms with Crippen molar-refractivity contribution in [3.63, 3.8) is 0 Å². The van der Waals surface area contributed by atoms with Gasteiger partial charge in [0.2, 0.25) is 5.91 Å². The van der Waals surface area contributed by atoms with Gasteiger partial charge in [0.05, 0.1) is 13.0 Å². The lowest BCUT2D eigenvalue weighted by atomic mass is 9.95. The third-order valence-electron chi connectivity index (χ3n) is 3.57. The molecule has 1 aliphatic heterocycles. The third kappa shape index (κ3) is 3.85. The van der Waals surface area contributed by atoms with Crippen molar-refractivity contribution < 1.29 is 14.3 Å². The number of carbonyl (C=O) groups excluding carboxylic acids is 2. The normalized spacial score (nSPS) is 19.7. The SMILES string of the molecule is COC(=O)N1CCCC(C(=O)N(C(C)C)C(C)C)C1. The number of hydrogen-bond acceptors (Lipinski definition) is 3. The van der Waals surface area contributed by atoms with Gasteiger partial charge in [0, 0.05) is 25.2 Å². The van der Waals surface area contributed by atoms with E-state index in [1.54, 1.807) is 4.90 Å². The second-order valence-electron chi connectivity index (χ2n) is 5.69. The quantitative estimate of drug-likeness (QED) is 0.789. The molecule has 5 heteroatoms. The van der Waals surface area contributed by atoms with Crippen molar-refractivity contribution >= 4 is 12.0 Å². The largest absolute Gasteiger partial charge is 0.453 e. The van der Waals surface area contributed by atoms with E-state index in [4.69, 9.17) is 4.74 Å². The Hall–Kier alpha value is -1.26. The van der Waals surface area contributed by atoms with Crippen LogP contribution in [-0.2, 0) is 9.53 Å². The van der Waals surface area contributed by atoms with E-state index >= 15 is 0 Å². The molecule has 0 bridgehead atoms. The van der Waals surface area contributed by atoms with Gasteiger partial charge < -0.3 is 14.5 Å². The molecule has 1 rings (SSSR count). The number of likely N-dealkylation sites (tertiary alicyclic amines) is 1. The van der Waals surface area contributed by atoms with Crippen LogP contribution < -0.4 is 0 Å². The summed E-state index contributed by atoms with van der Waals surface area (Å²) in [6.07, 6.45) is 1.37. The Morgan fingerprint density at radius 2 is 1.79 bits per heavy atom. The molecule has 19 heavy (non-hydrogen) atoms. The highest BCUT2D eigenvalue weighted by Gasteiger charge is 2.33. The highest BCUT2D eigenvalue weighted by atomic mass is 16.5. The molecule has 0 aliphatic carbocycles. The summed E-state index contributed by atoms with van der Waals surface area (Å²) in [7, 11) is 1.38. The molecule has 110 valence electrons. The first-order valence-corrected chi connectivity index (χ1v) is 7.03. The molecule has 0 N–H and O–H groups in total. The van der Waals surface area contributed by atoms with Crippen LogP contribution in [0.1, 0.15) is 40.5 Å². The van der Waals surface area contributed by atoms with Crippen LogP contribution in [0.25, 0.3) is 0 Å². The molecule has 1 heterocycles. The number of nitrogens with zero attached hydrogens (tertiary/aromatic N) is 2. The molecule has 1 unspecified atom stereocenters. The van der Waals surface area contributed by atoms with E-state index in [0.717, 1.165) is 12.8 Å². The predicted octanol–water partition coefficient (Wildman–Crippen LogP) is 2.11. The third-order valence-corrected chi connectivity index (χ3v) is 3.57. The summed E-state index contributed by atoms with van der Waals surface area (Å²) in [4.78, 5) is 27.7. The van der Waals surface area contributed by atoms with Crippen LogP contribution in [0, 0.1) is 5.92 Å². The maximum atomic E-state index is 12.6. The average Bonchev–Trinajstić information content (AvgIpc) is 2.37. The highest BCUT2D eigenvalue weighted by Crippen LogP contribution is 2.21. The fourth-order valence-electron chi connectivity index (χ4n) is 2.79. The fraction of sp³-hybridized carbons (Fsp3) is 0.857. The smallest absolute Gasteiger partial charge is 0.409 e. The molecule has 2 amide bonds. The van der Waals surface area contributed by atoms with Crippen molar-refractivity contribution in [2.45, 2.75) is 52.6 Å². The van der Waals surface area contributed by atoms with E-state index < -0.39 is 0 Å². The summed E-state index contributed by atoms with van der Waals surface area (Å²) in [6, 6.07) is 0.363. The molecule has 0 aromatic carbocycles. The minimum absolute atomic E-state index is 0.0994. The molecule has 0 aromatic rings. The molecule has 1 atom stereocenters. The minimum atomic E-state index is -0.335. The maximum absolute atomic E-state index is 12.6. The van der Waals surface area contributed by atoms with Crippen LogP contribution in [-0.4, -0.2) is 54.1 Å². The van der Waals surface area contributed by atoms with E-state index in [2.05, 4.69) is 0 Å². The molecule has 5 nitrogen and oxygen atoms in total. The second kappa shape index (κ2) is 6.78. The van der Waals surface area contributed by atoms with Crippen molar-refractivity contribution in [3.05, 3.63) is 0 Å². The summed E-state index contributed by atoms with van der Waals surface area (Å²) in [5.41, 5.74) is 0. The summed E-state index contributed by atoms with van der Waals surface area (Å²) in [5, 5.41) is 0. The maximum Gasteiger partial charge on any atom is 0.409 e. The predicted molar refractivity (Wildman–Crippen MR) is 73.8 cm³/mol. The van der Waals surface area contributed by atoms with Crippen molar-refractivity contribution in [1.82, 2.24) is 9.80 Å². The lowest BCUT2D eigenvalue weighted by Crippen LogP contribution is -2.50. The van der Waals surface area contributed by atoms with Crippen molar-refractivity contribution in [1.29, 1.82) is 0 Å². The Morgan fingerprint density at radius 3 is 2.26 bits per heavy atom. The zero-order chi connectivity index (χ0) is 14.6. The number of carbonyl (C=O) groups is 2. The lowest BCUT2D eigenvalue weighted by Gasteiger charge is -2.37. The molecule has 1 fully saturated rings. The van der Waals surface area contributed by atoms with Gasteiger partial charge in [-0.1, -0.05) is 0 Å². The molecular formula is C14H26N2O3. The lowest BCUT2D eigenvalue weighted by molar-refractivity contribution is -0.140. The Morgan fingerprint density at radius 1 is 1.21 bits per heavy atom. The first-order valence-electron chi connectivity index (χ1n) is 7.03. The van der Waals surface area contributed by atoms with Gasteiger partial charge in [0.15, 0.2) is 0 Å². The minimum Gasteiger partial charge on any atom is -0.453 e. The first-order chi connectivity index (χ1) is 8.88. The number of ether oxygens (including phenoxy) is 1. The zero-order valence-electron chi connectivity index (χ0n) is 12.7. The van der Waals surface area contributed by atoms with Crippen molar-refractivity contribution in [2.24, 2.45) is 5.92 Å². The first kappa shape index (κ1) is 15.8. The van der Waals surface area contributed by atoms with Gasteiger partial charge in [-0.3, -0.25) is 4.79 Å². The highest BCUT2D eigenvalue weighted by molar-refractivity contribution is 5.80. The van der Waals surface area contributed by atoms with Gasteiger partial charge >= 0.3 is 6.09 Å². The Labute approximate surface area is 115 Å². The standard InChI is InChI=1S/C14H26N2O3/c1-10(2)16(11(3)4)13(17)12-7-6-8-15(9-12)14(18)19-5/h10-12H,6-9H2,1-5H3. The van der Waals surface area contributed by atoms with E-state index in [1.165, 1.54) is 7.11 Å². The van der Waals surface area contributed by atoms with Gasteiger partial charge in [-0.15, -0.1) is 0 Å². The Kier molecular flexibility index (Phi) is 5.63. The zero-order valence-corrected chi connectivity index (χ0v) is 12.7. The molecule has 0 aromatic heterocycles. The molecule has 0 saturated carbocycles. The van der Waals surface area contributed by atoms with Crippen molar-refractivity contribution in [3.8, 4) is 0 Å². The average molecular weight is 270 g/mol. The molecular weight excluding hydrogens is 244 g/mol. The van der Waals surface area contributed by atoms with E-state index in [1.807, 2.05) is 32.6 Å². The molecule has 0 spiro atoms. The van der Waals surface area contributed by atoms with Crippen LogP contribution in [0.2, 0.25) is 0 Å². The number of rotatable bonds is 3. The van der Waals surface area contributed by atoms with Crippen LogP contribution in [0.15, 0.2) is 0 Å². The molecule has 0 radical (unpaired) electrons.